The lowest BCUT2D eigenvalue weighted by atomic mass is 9.92. The number of carbonyl (C=O) groups excluding carboxylic acids is 1. The van der Waals surface area contributed by atoms with Gasteiger partial charge in [-0.2, -0.15) is 0 Å². The zero-order valence-electron chi connectivity index (χ0n) is 10.6. The molecule has 5 nitrogen and oxygen atoms in total. The Balaban J connectivity index is 1.99. The standard InChI is InChI=1S/C13H20N4O/c1-9(10-3-2-5-15-8-10)17-11-4-6-16-12(7-11)13(14)18/h4,6-7,9-10,15H,2-3,5,8H2,1H3,(H2,14,18)(H,16,17). The number of aromatic nitrogens is 1. The molecular weight excluding hydrogens is 228 g/mol. The highest BCUT2D eigenvalue weighted by atomic mass is 16.1. The summed E-state index contributed by atoms with van der Waals surface area (Å²) in [5.74, 6) is 0.120. The van der Waals surface area contributed by atoms with E-state index in [9.17, 15) is 4.79 Å². The largest absolute Gasteiger partial charge is 0.382 e. The molecule has 2 unspecified atom stereocenters. The lowest BCUT2D eigenvalue weighted by Crippen LogP contribution is -2.38. The Kier molecular flexibility index (Phi) is 4.15. The van der Waals surface area contributed by atoms with E-state index >= 15 is 0 Å². The fourth-order valence-electron chi connectivity index (χ4n) is 2.34. The molecular formula is C13H20N4O. The number of rotatable bonds is 4. The minimum absolute atomic E-state index is 0.300. The van der Waals surface area contributed by atoms with E-state index in [1.165, 1.54) is 12.8 Å². The van der Waals surface area contributed by atoms with Crippen molar-refractivity contribution in [3.05, 3.63) is 24.0 Å². The minimum Gasteiger partial charge on any atom is -0.382 e. The molecule has 1 aromatic rings. The van der Waals surface area contributed by atoms with E-state index in [1.54, 1.807) is 12.3 Å². The lowest BCUT2D eigenvalue weighted by molar-refractivity contribution is 0.0995. The minimum atomic E-state index is -0.495. The summed E-state index contributed by atoms with van der Waals surface area (Å²) >= 11 is 0. The molecule has 2 atom stereocenters. The summed E-state index contributed by atoms with van der Waals surface area (Å²) in [4.78, 5) is 15.0. The Labute approximate surface area is 107 Å². The first-order valence-electron chi connectivity index (χ1n) is 6.40. The zero-order valence-corrected chi connectivity index (χ0v) is 10.6. The molecule has 5 heteroatoms. The van der Waals surface area contributed by atoms with Gasteiger partial charge in [0, 0.05) is 17.9 Å². The van der Waals surface area contributed by atoms with Gasteiger partial charge in [0.1, 0.15) is 5.69 Å². The lowest BCUT2D eigenvalue weighted by Gasteiger charge is -2.29. The van der Waals surface area contributed by atoms with Crippen molar-refractivity contribution < 1.29 is 4.79 Å². The van der Waals surface area contributed by atoms with Gasteiger partial charge in [0.2, 0.25) is 0 Å². The average Bonchev–Trinajstić information content (AvgIpc) is 2.40. The van der Waals surface area contributed by atoms with Crippen LogP contribution in [0.5, 0.6) is 0 Å². The third-order valence-electron chi connectivity index (χ3n) is 3.45. The van der Waals surface area contributed by atoms with Crippen molar-refractivity contribution in [1.82, 2.24) is 10.3 Å². The van der Waals surface area contributed by atoms with E-state index in [2.05, 4.69) is 22.5 Å². The molecule has 1 fully saturated rings. The number of primary amides is 1. The molecule has 98 valence electrons. The molecule has 1 amide bonds. The summed E-state index contributed by atoms with van der Waals surface area (Å²) in [7, 11) is 0. The van der Waals surface area contributed by atoms with Crippen LogP contribution in [0.25, 0.3) is 0 Å². The molecule has 4 N–H and O–H groups in total. The van der Waals surface area contributed by atoms with Crippen molar-refractivity contribution in [3.63, 3.8) is 0 Å². The number of carbonyl (C=O) groups is 1. The van der Waals surface area contributed by atoms with Gasteiger partial charge in [0.25, 0.3) is 5.91 Å². The molecule has 0 spiro atoms. The number of nitrogens with zero attached hydrogens (tertiary/aromatic N) is 1. The van der Waals surface area contributed by atoms with Crippen LogP contribution in [0.2, 0.25) is 0 Å². The van der Waals surface area contributed by atoms with Crippen molar-refractivity contribution in [2.45, 2.75) is 25.8 Å². The van der Waals surface area contributed by atoms with E-state index in [1.807, 2.05) is 6.07 Å². The number of hydrogen-bond donors (Lipinski definition) is 3. The van der Waals surface area contributed by atoms with E-state index in [4.69, 9.17) is 5.73 Å². The van der Waals surface area contributed by atoms with Crippen molar-refractivity contribution in [1.29, 1.82) is 0 Å². The first-order valence-corrected chi connectivity index (χ1v) is 6.40. The maximum absolute atomic E-state index is 11.1. The van der Waals surface area contributed by atoms with Gasteiger partial charge in [-0.25, -0.2) is 0 Å². The highest BCUT2D eigenvalue weighted by Gasteiger charge is 2.19. The van der Waals surface area contributed by atoms with Crippen LogP contribution in [0.3, 0.4) is 0 Å². The fourth-order valence-corrected chi connectivity index (χ4v) is 2.34. The van der Waals surface area contributed by atoms with Gasteiger partial charge in [-0.05, 0) is 50.9 Å². The van der Waals surface area contributed by atoms with Gasteiger partial charge >= 0.3 is 0 Å². The average molecular weight is 248 g/mol. The Hall–Kier alpha value is -1.62. The van der Waals surface area contributed by atoms with E-state index in [0.717, 1.165) is 18.8 Å². The quantitative estimate of drug-likeness (QED) is 0.742. The summed E-state index contributed by atoms with van der Waals surface area (Å²) in [5, 5.41) is 6.82. The molecule has 1 aliphatic heterocycles. The van der Waals surface area contributed by atoms with Crippen LogP contribution in [0.1, 0.15) is 30.3 Å². The van der Waals surface area contributed by atoms with Gasteiger partial charge < -0.3 is 16.4 Å². The topological polar surface area (TPSA) is 80.0 Å². The first-order chi connectivity index (χ1) is 8.66. The van der Waals surface area contributed by atoms with Crippen LogP contribution < -0.4 is 16.4 Å². The van der Waals surface area contributed by atoms with Gasteiger partial charge in [-0.15, -0.1) is 0 Å². The maximum Gasteiger partial charge on any atom is 0.267 e. The predicted octanol–water partition coefficient (Wildman–Crippen LogP) is 0.980. The Morgan fingerprint density at radius 1 is 1.67 bits per heavy atom. The number of pyridine rings is 1. The van der Waals surface area contributed by atoms with E-state index in [-0.39, 0.29) is 0 Å². The number of nitrogens with one attached hydrogen (secondary N) is 2. The highest BCUT2D eigenvalue weighted by molar-refractivity contribution is 5.91. The number of anilines is 1. The first kappa shape index (κ1) is 12.8. The third-order valence-corrected chi connectivity index (χ3v) is 3.45. The van der Waals surface area contributed by atoms with Crippen LogP contribution >= 0.6 is 0 Å². The SMILES string of the molecule is CC(Nc1ccnc(C(N)=O)c1)C1CCCNC1. The monoisotopic (exact) mass is 248 g/mol. The molecule has 2 rings (SSSR count). The van der Waals surface area contributed by atoms with Gasteiger partial charge in [-0.3, -0.25) is 9.78 Å². The number of nitrogens with two attached hydrogens (primary N) is 1. The summed E-state index contributed by atoms with van der Waals surface area (Å²) in [6.07, 6.45) is 4.06. The molecule has 18 heavy (non-hydrogen) atoms. The van der Waals surface area contributed by atoms with Crippen LogP contribution in [-0.4, -0.2) is 30.0 Å². The Morgan fingerprint density at radius 2 is 2.50 bits per heavy atom. The summed E-state index contributed by atoms with van der Waals surface area (Å²) in [6.45, 7) is 4.33. The van der Waals surface area contributed by atoms with E-state index in [0.29, 0.717) is 17.7 Å². The highest BCUT2D eigenvalue weighted by Crippen LogP contribution is 2.18. The normalized spacial score (nSPS) is 21.3. The predicted molar refractivity (Wildman–Crippen MR) is 71.4 cm³/mol. The molecule has 0 aliphatic carbocycles. The second kappa shape index (κ2) is 5.82. The second-order valence-corrected chi connectivity index (χ2v) is 4.83. The Morgan fingerprint density at radius 3 is 3.17 bits per heavy atom. The molecule has 1 aliphatic rings. The van der Waals surface area contributed by atoms with Gasteiger partial charge in [0.15, 0.2) is 0 Å². The summed E-state index contributed by atoms with van der Waals surface area (Å²) in [6, 6.07) is 3.93. The van der Waals surface area contributed by atoms with Crippen LogP contribution in [0.15, 0.2) is 18.3 Å². The van der Waals surface area contributed by atoms with Crippen LogP contribution in [-0.2, 0) is 0 Å². The van der Waals surface area contributed by atoms with Crippen molar-refractivity contribution >= 4 is 11.6 Å². The summed E-state index contributed by atoms with van der Waals surface area (Å²) < 4.78 is 0. The summed E-state index contributed by atoms with van der Waals surface area (Å²) in [5.41, 5.74) is 6.42. The Bertz CT molecular complexity index is 415. The number of hydrogen-bond acceptors (Lipinski definition) is 4. The van der Waals surface area contributed by atoms with Crippen molar-refractivity contribution in [2.24, 2.45) is 11.7 Å². The fraction of sp³-hybridized carbons (Fsp3) is 0.538. The second-order valence-electron chi connectivity index (χ2n) is 4.83. The van der Waals surface area contributed by atoms with Crippen molar-refractivity contribution in [3.8, 4) is 0 Å². The number of amides is 1. The van der Waals surface area contributed by atoms with Gasteiger partial charge in [-0.1, -0.05) is 0 Å². The molecule has 2 heterocycles. The smallest absolute Gasteiger partial charge is 0.267 e. The molecule has 1 saturated heterocycles. The maximum atomic E-state index is 11.1. The van der Waals surface area contributed by atoms with E-state index < -0.39 is 5.91 Å². The molecule has 0 saturated carbocycles. The third kappa shape index (κ3) is 3.20. The molecule has 0 radical (unpaired) electrons. The number of piperidine rings is 1. The van der Waals surface area contributed by atoms with Crippen LogP contribution in [0.4, 0.5) is 5.69 Å². The van der Waals surface area contributed by atoms with Crippen LogP contribution in [0, 0.1) is 5.92 Å². The molecule has 0 aromatic carbocycles. The van der Waals surface area contributed by atoms with Gasteiger partial charge in [0.05, 0.1) is 0 Å². The molecule has 0 bridgehead atoms. The zero-order chi connectivity index (χ0) is 13.0. The van der Waals surface area contributed by atoms with Crippen molar-refractivity contribution in [2.75, 3.05) is 18.4 Å². The molecule has 1 aromatic heterocycles.